The lowest BCUT2D eigenvalue weighted by molar-refractivity contribution is -0.137. The molecule has 1 atom stereocenters. The fourth-order valence-corrected chi connectivity index (χ4v) is 6.62. The van der Waals surface area contributed by atoms with Gasteiger partial charge in [-0.15, -0.1) is 0 Å². The zero-order valence-electron chi connectivity index (χ0n) is 23.5. The molecule has 0 unspecified atom stereocenters. The van der Waals surface area contributed by atoms with Gasteiger partial charge in [0.15, 0.2) is 0 Å². The number of hydrogen-bond acceptors (Lipinski definition) is 5. The summed E-state index contributed by atoms with van der Waals surface area (Å²) < 4.78 is 14.0. The molecule has 1 aliphatic heterocycles. The van der Waals surface area contributed by atoms with Crippen molar-refractivity contribution in [2.75, 3.05) is 31.7 Å². The number of ether oxygens (including phenoxy) is 2. The van der Waals surface area contributed by atoms with E-state index in [1.807, 2.05) is 24.4 Å². The normalized spacial score (nSPS) is 19.1. The highest BCUT2D eigenvalue weighted by Gasteiger charge is 2.34. The molecular weight excluding hydrogens is 502 g/mol. The van der Waals surface area contributed by atoms with Crippen LogP contribution in [0.1, 0.15) is 75.3 Å². The van der Waals surface area contributed by atoms with Gasteiger partial charge in [0.05, 0.1) is 32.4 Å². The van der Waals surface area contributed by atoms with Gasteiger partial charge in [0.2, 0.25) is 0 Å². The van der Waals surface area contributed by atoms with Crippen molar-refractivity contribution in [1.82, 2.24) is 9.78 Å². The van der Waals surface area contributed by atoms with Crippen LogP contribution in [0.5, 0.6) is 11.5 Å². The predicted octanol–water partition coefficient (Wildman–Crippen LogP) is 6.94. The largest absolute Gasteiger partial charge is 0.497 e. The smallest absolute Gasteiger partial charge is 0.303 e. The maximum atomic E-state index is 11.4. The number of piperidine rings is 1. The summed E-state index contributed by atoms with van der Waals surface area (Å²) in [6.07, 6.45) is 13.8. The number of methoxy groups -OCH3 is 1. The minimum atomic E-state index is -0.725. The Morgan fingerprint density at radius 3 is 2.55 bits per heavy atom. The van der Waals surface area contributed by atoms with Crippen LogP contribution in [0, 0.1) is 11.8 Å². The number of hydrogen-bond donors (Lipinski definition) is 1. The molecule has 2 saturated carbocycles. The fourth-order valence-electron chi connectivity index (χ4n) is 6.62. The van der Waals surface area contributed by atoms with Crippen molar-refractivity contribution in [2.45, 2.75) is 69.7 Å². The van der Waals surface area contributed by atoms with Crippen molar-refractivity contribution in [2.24, 2.45) is 11.8 Å². The lowest BCUT2D eigenvalue weighted by Crippen LogP contribution is -2.35. The van der Waals surface area contributed by atoms with Crippen LogP contribution >= 0.6 is 0 Å². The second-order valence-electron chi connectivity index (χ2n) is 11.9. The topological polar surface area (TPSA) is 76.8 Å². The molecular formula is C33H41N3O4. The van der Waals surface area contributed by atoms with Gasteiger partial charge in [0.1, 0.15) is 11.5 Å². The zero-order valence-corrected chi connectivity index (χ0v) is 23.5. The Kier molecular flexibility index (Phi) is 7.98. The maximum absolute atomic E-state index is 11.4. The van der Waals surface area contributed by atoms with Crippen LogP contribution in [0.3, 0.4) is 0 Å². The van der Waals surface area contributed by atoms with Gasteiger partial charge >= 0.3 is 5.97 Å². The Morgan fingerprint density at radius 1 is 1.02 bits per heavy atom. The number of aliphatic carboxylic acids is 1. The minimum Gasteiger partial charge on any atom is -0.497 e. The van der Waals surface area contributed by atoms with Crippen molar-refractivity contribution in [3.8, 4) is 22.6 Å². The second-order valence-corrected chi connectivity index (χ2v) is 11.9. The molecule has 2 heterocycles. The van der Waals surface area contributed by atoms with Gasteiger partial charge in [-0.25, -0.2) is 0 Å². The summed E-state index contributed by atoms with van der Waals surface area (Å²) in [5.74, 6) is 2.07. The molecule has 0 bridgehead atoms. The van der Waals surface area contributed by atoms with Crippen LogP contribution in [0.25, 0.3) is 11.1 Å². The van der Waals surface area contributed by atoms with E-state index < -0.39 is 5.97 Å². The lowest BCUT2D eigenvalue weighted by atomic mass is 9.91. The van der Waals surface area contributed by atoms with E-state index in [0.717, 1.165) is 55.8 Å². The van der Waals surface area contributed by atoms with Gasteiger partial charge in [-0.1, -0.05) is 25.0 Å². The van der Waals surface area contributed by atoms with E-state index in [2.05, 4.69) is 40.0 Å². The van der Waals surface area contributed by atoms with E-state index >= 15 is 0 Å². The molecule has 1 saturated heterocycles. The first kappa shape index (κ1) is 26.7. The van der Waals surface area contributed by atoms with Gasteiger partial charge in [0.25, 0.3) is 0 Å². The summed E-state index contributed by atoms with van der Waals surface area (Å²) in [5, 5.41) is 14.1. The summed E-state index contributed by atoms with van der Waals surface area (Å²) in [6, 6.07) is 15.0. The molecule has 40 heavy (non-hydrogen) atoms. The maximum Gasteiger partial charge on any atom is 0.303 e. The summed E-state index contributed by atoms with van der Waals surface area (Å²) in [4.78, 5) is 13.9. The highest BCUT2D eigenvalue weighted by atomic mass is 16.5. The molecule has 2 aromatic carbocycles. The molecule has 7 nitrogen and oxygen atoms in total. The Balaban J connectivity index is 1.09. The number of benzene rings is 2. The molecule has 3 aliphatic rings. The molecule has 1 N–H and O–H groups in total. The van der Waals surface area contributed by atoms with Crippen molar-refractivity contribution >= 4 is 11.7 Å². The average Bonchev–Trinajstić information content (AvgIpc) is 3.44. The molecule has 3 aromatic rings. The summed E-state index contributed by atoms with van der Waals surface area (Å²) in [6.45, 7) is 2.62. The fraction of sp³-hybridized carbons (Fsp3) is 0.515. The van der Waals surface area contributed by atoms with Gasteiger partial charge in [-0.3, -0.25) is 9.48 Å². The zero-order chi connectivity index (χ0) is 27.5. The SMILES string of the molecule is COc1ccc(-c2cnn(C3CCCC3)c2)c(N2CCC(COc3cccc([C@@H](CC(=O)O)C4CC4)c3)CC2)c1. The lowest BCUT2D eigenvalue weighted by Gasteiger charge is -2.34. The van der Waals surface area contributed by atoms with Gasteiger partial charge < -0.3 is 19.5 Å². The first-order chi connectivity index (χ1) is 19.6. The van der Waals surface area contributed by atoms with Crippen molar-refractivity contribution < 1.29 is 19.4 Å². The van der Waals surface area contributed by atoms with E-state index in [0.29, 0.717) is 24.5 Å². The van der Waals surface area contributed by atoms with Gasteiger partial charge in [-0.05, 0) is 86.1 Å². The van der Waals surface area contributed by atoms with Crippen molar-refractivity contribution in [3.63, 3.8) is 0 Å². The number of carboxylic acids is 1. The number of carboxylic acid groups (broad SMARTS) is 1. The Hall–Kier alpha value is -3.48. The third kappa shape index (κ3) is 6.13. The molecule has 212 valence electrons. The second kappa shape index (κ2) is 11.9. The van der Waals surface area contributed by atoms with Crippen molar-refractivity contribution in [3.05, 3.63) is 60.4 Å². The van der Waals surface area contributed by atoms with E-state index in [1.54, 1.807) is 7.11 Å². The predicted molar refractivity (Wildman–Crippen MR) is 156 cm³/mol. The van der Waals surface area contributed by atoms with E-state index in [9.17, 15) is 9.90 Å². The molecule has 1 aromatic heterocycles. The third-order valence-corrected chi connectivity index (χ3v) is 9.13. The first-order valence-electron chi connectivity index (χ1n) is 15.0. The first-order valence-corrected chi connectivity index (χ1v) is 15.0. The van der Waals surface area contributed by atoms with Crippen LogP contribution < -0.4 is 14.4 Å². The van der Waals surface area contributed by atoms with Crippen LogP contribution in [-0.4, -0.2) is 47.7 Å². The molecule has 3 fully saturated rings. The van der Waals surface area contributed by atoms with Crippen LogP contribution in [0.2, 0.25) is 0 Å². The summed E-state index contributed by atoms with van der Waals surface area (Å²) >= 11 is 0. The number of aromatic nitrogens is 2. The van der Waals surface area contributed by atoms with E-state index in [4.69, 9.17) is 14.6 Å². The summed E-state index contributed by atoms with van der Waals surface area (Å²) in [5.41, 5.74) is 4.69. The summed E-state index contributed by atoms with van der Waals surface area (Å²) in [7, 11) is 1.73. The average molecular weight is 544 g/mol. The molecule has 0 spiro atoms. The Morgan fingerprint density at radius 2 is 1.82 bits per heavy atom. The third-order valence-electron chi connectivity index (χ3n) is 9.13. The minimum absolute atomic E-state index is 0.0895. The van der Waals surface area contributed by atoms with Crippen LogP contribution in [0.15, 0.2) is 54.9 Å². The Bertz CT molecular complexity index is 1300. The quantitative estimate of drug-likeness (QED) is 0.282. The number of anilines is 1. The molecule has 7 heteroatoms. The van der Waals surface area contributed by atoms with Crippen molar-refractivity contribution in [1.29, 1.82) is 0 Å². The number of nitrogens with zero attached hydrogens (tertiary/aromatic N) is 3. The number of carbonyl (C=O) groups is 1. The van der Waals surface area contributed by atoms with Gasteiger partial charge in [-0.2, -0.15) is 5.10 Å². The van der Waals surface area contributed by atoms with E-state index in [1.165, 1.54) is 42.5 Å². The van der Waals surface area contributed by atoms with Crippen LogP contribution in [0.4, 0.5) is 5.69 Å². The number of rotatable bonds is 11. The highest BCUT2D eigenvalue weighted by molar-refractivity contribution is 5.79. The monoisotopic (exact) mass is 543 g/mol. The van der Waals surface area contributed by atoms with E-state index in [-0.39, 0.29) is 12.3 Å². The molecule has 0 amide bonds. The Labute approximate surface area is 237 Å². The molecule has 6 rings (SSSR count). The standard InChI is InChI=1S/C33H41N3O4/c1-39-28-11-12-30(26-20-34-36(21-26)27-6-2-3-7-27)32(18-28)35-15-13-23(14-16-35)22-40-29-8-4-5-25(17-29)31(19-33(37)38)24-9-10-24/h4-5,8,11-12,17-18,20-21,23-24,27,31H,2-3,6-7,9-10,13-16,19,22H2,1H3,(H,37,38)/t31-/m0/s1. The van der Waals surface area contributed by atoms with Gasteiger partial charge in [0, 0.05) is 42.2 Å². The molecule has 0 radical (unpaired) electrons. The molecule has 2 aliphatic carbocycles. The van der Waals surface area contributed by atoms with Crippen LogP contribution in [-0.2, 0) is 4.79 Å². The highest BCUT2D eigenvalue weighted by Crippen LogP contribution is 2.45.